The van der Waals surface area contributed by atoms with Crippen LogP contribution in [0.25, 0.3) is 0 Å². The Morgan fingerprint density at radius 1 is 1.35 bits per heavy atom. The van der Waals surface area contributed by atoms with Gasteiger partial charge in [-0.1, -0.05) is 30.3 Å². The summed E-state index contributed by atoms with van der Waals surface area (Å²) >= 11 is 0. The Hall–Kier alpha value is -2.11. The molecule has 6 heteroatoms. The lowest BCUT2D eigenvalue weighted by atomic mass is 10.2. The van der Waals surface area contributed by atoms with Gasteiger partial charge in [0.1, 0.15) is 13.3 Å². The van der Waals surface area contributed by atoms with Gasteiger partial charge < -0.3 is 15.2 Å². The highest BCUT2D eigenvalue weighted by molar-refractivity contribution is 5.79. The quantitative estimate of drug-likeness (QED) is 0.815. The van der Waals surface area contributed by atoms with Gasteiger partial charge in [-0.25, -0.2) is 14.0 Å². The van der Waals surface area contributed by atoms with Crippen molar-refractivity contribution in [3.8, 4) is 0 Å². The monoisotopic (exact) mass is 241 g/mol. The molecule has 2 N–H and O–H groups in total. The van der Waals surface area contributed by atoms with Gasteiger partial charge in [0.25, 0.3) is 0 Å². The summed E-state index contributed by atoms with van der Waals surface area (Å²) in [6.07, 6.45) is -0.959. The van der Waals surface area contributed by atoms with Crippen LogP contribution in [-0.4, -0.2) is 29.9 Å². The summed E-state index contributed by atoms with van der Waals surface area (Å²) in [5.41, 5.74) is 0.759. The van der Waals surface area contributed by atoms with Crippen LogP contribution in [0.15, 0.2) is 30.3 Å². The lowest BCUT2D eigenvalue weighted by Gasteiger charge is -2.11. The highest BCUT2D eigenvalue weighted by Gasteiger charge is 2.20. The zero-order valence-corrected chi connectivity index (χ0v) is 8.93. The van der Waals surface area contributed by atoms with Crippen LogP contribution < -0.4 is 5.32 Å². The molecule has 0 bridgehead atoms. The molecule has 0 fully saturated rings. The average molecular weight is 241 g/mol. The number of hydrogen-bond acceptors (Lipinski definition) is 3. The standard InChI is InChI=1S/C11H12FNO4/c12-6-9(10(14)15)13-11(16)17-7-8-4-2-1-3-5-8/h1-5,9H,6-7H2,(H,13,16)(H,14,15)/t9-/m0/s1. The van der Waals surface area contributed by atoms with Gasteiger partial charge in [-0.2, -0.15) is 0 Å². The van der Waals surface area contributed by atoms with Crippen molar-refractivity contribution in [1.82, 2.24) is 5.32 Å². The number of carboxylic acid groups (broad SMARTS) is 1. The molecule has 1 amide bonds. The Bertz CT molecular complexity index is 382. The van der Waals surface area contributed by atoms with Crippen molar-refractivity contribution in [3.63, 3.8) is 0 Å². The number of carbonyl (C=O) groups excluding carboxylic acids is 1. The number of nitrogens with one attached hydrogen (secondary N) is 1. The number of alkyl halides is 1. The van der Waals surface area contributed by atoms with E-state index in [0.717, 1.165) is 5.56 Å². The molecule has 5 nitrogen and oxygen atoms in total. The van der Waals surface area contributed by atoms with Gasteiger partial charge in [0, 0.05) is 0 Å². The fourth-order valence-electron chi connectivity index (χ4n) is 1.07. The van der Waals surface area contributed by atoms with E-state index in [2.05, 4.69) is 0 Å². The van der Waals surface area contributed by atoms with Crippen LogP contribution in [0.4, 0.5) is 9.18 Å². The third-order valence-electron chi connectivity index (χ3n) is 1.96. The van der Waals surface area contributed by atoms with Gasteiger partial charge in [-0.05, 0) is 5.56 Å². The Balaban J connectivity index is 2.37. The molecule has 0 aliphatic heterocycles. The summed E-state index contributed by atoms with van der Waals surface area (Å²) in [5.74, 6) is -1.44. The molecule has 1 rings (SSSR count). The minimum Gasteiger partial charge on any atom is -0.480 e. The van der Waals surface area contributed by atoms with E-state index in [1.165, 1.54) is 0 Å². The van der Waals surface area contributed by atoms with Crippen molar-refractivity contribution < 1.29 is 23.8 Å². The van der Waals surface area contributed by atoms with Crippen molar-refractivity contribution in [2.75, 3.05) is 6.67 Å². The van der Waals surface area contributed by atoms with Gasteiger partial charge in [0.2, 0.25) is 0 Å². The van der Waals surface area contributed by atoms with E-state index in [1.807, 2.05) is 11.4 Å². The van der Waals surface area contributed by atoms with E-state index in [-0.39, 0.29) is 6.61 Å². The second-order valence-corrected chi connectivity index (χ2v) is 3.25. The van der Waals surface area contributed by atoms with E-state index in [9.17, 15) is 14.0 Å². The largest absolute Gasteiger partial charge is 0.480 e. The SMILES string of the molecule is O=C(N[C@@H](CF)C(=O)O)OCc1ccccc1. The summed E-state index contributed by atoms with van der Waals surface area (Å²) in [4.78, 5) is 21.6. The van der Waals surface area contributed by atoms with Crippen LogP contribution in [0.1, 0.15) is 5.56 Å². The zero-order chi connectivity index (χ0) is 12.7. The van der Waals surface area contributed by atoms with Crippen molar-refractivity contribution in [1.29, 1.82) is 0 Å². The number of amides is 1. The molecule has 1 aromatic rings. The van der Waals surface area contributed by atoms with Crippen LogP contribution in [0.5, 0.6) is 0 Å². The minimum atomic E-state index is -1.57. The number of carbonyl (C=O) groups is 2. The van der Waals surface area contributed by atoms with E-state index in [4.69, 9.17) is 9.84 Å². The predicted octanol–water partition coefficient (Wildman–Crippen LogP) is 1.34. The normalized spacial score (nSPS) is 11.6. The Kier molecular flexibility index (Phi) is 4.93. The van der Waals surface area contributed by atoms with Gasteiger partial charge in [-0.15, -0.1) is 0 Å². The molecule has 0 unspecified atom stereocenters. The fraction of sp³-hybridized carbons (Fsp3) is 0.273. The zero-order valence-electron chi connectivity index (χ0n) is 8.93. The highest BCUT2D eigenvalue weighted by atomic mass is 19.1. The number of aliphatic carboxylic acids is 1. The molecule has 0 aromatic heterocycles. The van der Waals surface area contributed by atoms with Gasteiger partial charge in [-0.3, -0.25) is 0 Å². The van der Waals surface area contributed by atoms with Crippen LogP contribution in [0.3, 0.4) is 0 Å². The number of rotatable bonds is 5. The minimum absolute atomic E-state index is 0.00526. The molecule has 0 radical (unpaired) electrons. The van der Waals surface area contributed by atoms with Crippen LogP contribution in [0.2, 0.25) is 0 Å². The molecule has 0 saturated carbocycles. The van der Waals surface area contributed by atoms with E-state index >= 15 is 0 Å². The lowest BCUT2D eigenvalue weighted by molar-refractivity contribution is -0.139. The molecule has 0 aliphatic rings. The number of carboxylic acids is 1. The number of ether oxygens (including phenoxy) is 1. The maximum Gasteiger partial charge on any atom is 0.408 e. The first-order chi connectivity index (χ1) is 8.13. The Labute approximate surface area is 97.2 Å². The van der Waals surface area contributed by atoms with Crippen molar-refractivity contribution in [2.45, 2.75) is 12.6 Å². The fourth-order valence-corrected chi connectivity index (χ4v) is 1.07. The average Bonchev–Trinajstić information content (AvgIpc) is 2.34. The van der Waals surface area contributed by atoms with Crippen molar-refractivity contribution in [3.05, 3.63) is 35.9 Å². The van der Waals surface area contributed by atoms with Gasteiger partial charge in [0.15, 0.2) is 6.04 Å². The van der Waals surface area contributed by atoms with Crippen LogP contribution >= 0.6 is 0 Å². The first kappa shape index (κ1) is 13.0. The molecule has 1 aromatic carbocycles. The molecular weight excluding hydrogens is 229 g/mol. The molecule has 0 aliphatic carbocycles. The van der Waals surface area contributed by atoms with Gasteiger partial charge >= 0.3 is 12.1 Å². The number of hydrogen-bond donors (Lipinski definition) is 2. The lowest BCUT2D eigenvalue weighted by Crippen LogP contribution is -2.42. The van der Waals surface area contributed by atoms with E-state index < -0.39 is 24.8 Å². The predicted molar refractivity (Wildman–Crippen MR) is 57.2 cm³/mol. The second-order valence-electron chi connectivity index (χ2n) is 3.25. The third kappa shape index (κ3) is 4.50. The third-order valence-corrected chi connectivity index (χ3v) is 1.96. The molecular formula is C11H12FNO4. The first-order valence-electron chi connectivity index (χ1n) is 4.89. The van der Waals surface area contributed by atoms with E-state index in [1.54, 1.807) is 24.3 Å². The highest BCUT2D eigenvalue weighted by Crippen LogP contribution is 2.00. The van der Waals surface area contributed by atoms with Crippen LogP contribution in [0, 0.1) is 0 Å². The Morgan fingerprint density at radius 2 is 2.00 bits per heavy atom. The summed E-state index contributed by atoms with van der Waals surface area (Å²) in [5, 5.41) is 10.4. The molecule has 0 heterocycles. The maximum absolute atomic E-state index is 12.2. The smallest absolute Gasteiger partial charge is 0.408 e. The van der Waals surface area contributed by atoms with Crippen molar-refractivity contribution >= 4 is 12.1 Å². The summed E-state index contributed by atoms with van der Waals surface area (Å²) < 4.78 is 16.9. The molecule has 0 saturated heterocycles. The van der Waals surface area contributed by atoms with Gasteiger partial charge in [0.05, 0.1) is 0 Å². The first-order valence-corrected chi connectivity index (χ1v) is 4.89. The molecule has 1 atom stereocenters. The molecule has 92 valence electrons. The van der Waals surface area contributed by atoms with E-state index in [0.29, 0.717) is 0 Å². The maximum atomic E-state index is 12.2. The summed E-state index contributed by atoms with van der Waals surface area (Å²) in [6, 6.07) is 7.29. The van der Waals surface area contributed by atoms with Crippen LogP contribution in [-0.2, 0) is 16.1 Å². The summed E-state index contributed by atoms with van der Waals surface area (Å²) in [7, 11) is 0. The number of halogens is 1. The number of benzene rings is 1. The Morgan fingerprint density at radius 3 is 2.53 bits per heavy atom. The molecule has 0 spiro atoms. The topological polar surface area (TPSA) is 75.6 Å². The van der Waals surface area contributed by atoms with Crippen molar-refractivity contribution in [2.24, 2.45) is 0 Å². The summed E-state index contributed by atoms with van der Waals surface area (Å²) in [6.45, 7) is -1.18. The second kappa shape index (κ2) is 6.47. The molecule has 17 heavy (non-hydrogen) atoms. The number of alkyl carbamates (subject to hydrolysis) is 1.